The van der Waals surface area contributed by atoms with Crippen LogP contribution in [0.15, 0.2) is 23.1 Å². The molecule has 0 spiro atoms. The Morgan fingerprint density at radius 3 is 2.56 bits per heavy atom. The fourth-order valence-corrected chi connectivity index (χ4v) is 3.14. The van der Waals surface area contributed by atoms with Gasteiger partial charge in [-0.1, -0.05) is 18.9 Å². The summed E-state index contributed by atoms with van der Waals surface area (Å²) in [6, 6.07) is 5.29. The van der Waals surface area contributed by atoms with E-state index < -0.39 is 9.84 Å². The fraction of sp³-hybridized carbons (Fsp3) is 0.571. The lowest BCUT2D eigenvalue weighted by atomic mass is 10.1. The third-order valence-electron chi connectivity index (χ3n) is 3.69. The molecule has 1 saturated carbocycles. The molecular weight excluding hydrogens is 246 g/mol. The van der Waals surface area contributed by atoms with E-state index in [1.807, 2.05) is 13.0 Å². The Morgan fingerprint density at radius 2 is 1.94 bits per heavy atom. The highest BCUT2D eigenvalue weighted by atomic mass is 32.2. The summed E-state index contributed by atoms with van der Waals surface area (Å²) in [6.45, 7) is 2.96. The van der Waals surface area contributed by atoms with Crippen LogP contribution in [0.25, 0.3) is 0 Å². The van der Waals surface area contributed by atoms with Crippen molar-refractivity contribution in [2.75, 3.05) is 18.1 Å². The second kappa shape index (κ2) is 5.31. The van der Waals surface area contributed by atoms with Crippen LogP contribution in [0.5, 0.6) is 0 Å². The molecule has 0 atom stereocenters. The molecule has 3 nitrogen and oxygen atoms in total. The summed E-state index contributed by atoms with van der Waals surface area (Å²) < 4.78 is 23.1. The van der Waals surface area contributed by atoms with E-state index in [9.17, 15) is 8.42 Å². The van der Waals surface area contributed by atoms with Gasteiger partial charge in [-0.15, -0.1) is 0 Å². The van der Waals surface area contributed by atoms with Gasteiger partial charge in [0.05, 0.1) is 4.90 Å². The van der Waals surface area contributed by atoms with Gasteiger partial charge in [0.1, 0.15) is 0 Å². The first kappa shape index (κ1) is 13.4. The molecule has 0 aromatic heterocycles. The first-order valence-electron chi connectivity index (χ1n) is 6.51. The van der Waals surface area contributed by atoms with Crippen molar-refractivity contribution in [3.05, 3.63) is 23.8 Å². The molecule has 4 heteroatoms. The van der Waals surface area contributed by atoms with E-state index in [4.69, 9.17) is 0 Å². The van der Waals surface area contributed by atoms with Gasteiger partial charge in [-0.2, -0.15) is 0 Å². The highest BCUT2D eigenvalue weighted by Crippen LogP contribution is 2.26. The van der Waals surface area contributed by atoms with Crippen molar-refractivity contribution in [2.24, 2.45) is 5.92 Å². The Kier molecular flexibility index (Phi) is 3.95. The van der Waals surface area contributed by atoms with Crippen molar-refractivity contribution in [3.8, 4) is 0 Å². The first-order chi connectivity index (χ1) is 8.47. The number of anilines is 1. The van der Waals surface area contributed by atoms with Gasteiger partial charge < -0.3 is 5.32 Å². The van der Waals surface area contributed by atoms with Crippen LogP contribution in [0.3, 0.4) is 0 Å². The molecule has 1 aliphatic rings. The molecule has 1 fully saturated rings. The minimum absolute atomic E-state index is 0.391. The Bertz CT molecular complexity index is 517. The van der Waals surface area contributed by atoms with Crippen molar-refractivity contribution in [1.82, 2.24) is 0 Å². The van der Waals surface area contributed by atoms with Gasteiger partial charge in [0.15, 0.2) is 9.84 Å². The lowest BCUT2D eigenvalue weighted by Gasteiger charge is -2.14. The molecule has 0 heterocycles. The Morgan fingerprint density at radius 1 is 1.28 bits per heavy atom. The molecule has 0 saturated heterocycles. The molecular formula is C14H21NO2S. The third-order valence-corrected chi connectivity index (χ3v) is 4.80. The van der Waals surface area contributed by atoms with E-state index in [1.165, 1.54) is 31.9 Å². The zero-order valence-corrected chi connectivity index (χ0v) is 11.9. The van der Waals surface area contributed by atoms with Crippen molar-refractivity contribution in [2.45, 2.75) is 37.5 Å². The Hall–Kier alpha value is -1.03. The van der Waals surface area contributed by atoms with Gasteiger partial charge in [0.2, 0.25) is 0 Å². The standard InChI is InChI=1S/C14H21NO2S/c1-11-7-8-13(18(2,16)17)9-14(11)15-10-12-5-3-4-6-12/h7-9,12,15H,3-6,10H2,1-2H3. The number of hydrogen-bond donors (Lipinski definition) is 1. The molecule has 1 aromatic carbocycles. The molecule has 2 rings (SSSR count). The summed E-state index contributed by atoms with van der Waals surface area (Å²) in [5, 5.41) is 3.40. The van der Waals surface area contributed by atoms with Gasteiger partial charge >= 0.3 is 0 Å². The van der Waals surface area contributed by atoms with Crippen LogP contribution in [0, 0.1) is 12.8 Å². The Balaban J connectivity index is 2.11. The largest absolute Gasteiger partial charge is 0.385 e. The van der Waals surface area contributed by atoms with Crippen LogP contribution < -0.4 is 5.32 Å². The lowest BCUT2D eigenvalue weighted by Crippen LogP contribution is -2.12. The van der Waals surface area contributed by atoms with Crippen molar-refractivity contribution < 1.29 is 8.42 Å². The second-order valence-corrected chi connectivity index (χ2v) is 7.30. The maximum atomic E-state index is 11.5. The quantitative estimate of drug-likeness (QED) is 0.912. The lowest BCUT2D eigenvalue weighted by molar-refractivity contribution is 0.579. The van der Waals surface area contributed by atoms with Gasteiger partial charge in [0.25, 0.3) is 0 Å². The molecule has 1 aromatic rings. The molecule has 0 aliphatic heterocycles. The molecule has 0 amide bonds. The van der Waals surface area contributed by atoms with Crippen LogP contribution in [0.2, 0.25) is 0 Å². The predicted molar refractivity (Wildman–Crippen MR) is 74.7 cm³/mol. The van der Waals surface area contributed by atoms with E-state index in [2.05, 4.69) is 5.32 Å². The van der Waals surface area contributed by atoms with Crippen LogP contribution in [0.4, 0.5) is 5.69 Å². The Labute approximate surface area is 110 Å². The average molecular weight is 267 g/mol. The summed E-state index contributed by atoms with van der Waals surface area (Å²) in [4.78, 5) is 0.391. The summed E-state index contributed by atoms with van der Waals surface area (Å²) in [5.74, 6) is 0.742. The van der Waals surface area contributed by atoms with Crippen LogP contribution in [0.1, 0.15) is 31.2 Å². The number of nitrogens with one attached hydrogen (secondary N) is 1. The number of hydrogen-bond acceptors (Lipinski definition) is 3. The summed E-state index contributed by atoms with van der Waals surface area (Å²) in [7, 11) is -3.12. The van der Waals surface area contributed by atoms with E-state index >= 15 is 0 Å². The van der Waals surface area contributed by atoms with Crippen LogP contribution in [-0.4, -0.2) is 21.2 Å². The van der Waals surface area contributed by atoms with Gasteiger partial charge in [-0.05, 0) is 43.4 Å². The monoisotopic (exact) mass is 267 g/mol. The molecule has 0 bridgehead atoms. The molecule has 0 radical (unpaired) electrons. The third kappa shape index (κ3) is 3.25. The second-order valence-electron chi connectivity index (χ2n) is 5.28. The molecule has 1 aliphatic carbocycles. The average Bonchev–Trinajstić information content (AvgIpc) is 2.79. The number of sulfone groups is 1. The zero-order valence-electron chi connectivity index (χ0n) is 11.1. The highest BCUT2D eigenvalue weighted by Gasteiger charge is 2.15. The molecule has 100 valence electrons. The summed E-state index contributed by atoms with van der Waals surface area (Å²) >= 11 is 0. The van der Waals surface area contributed by atoms with Crippen molar-refractivity contribution in [3.63, 3.8) is 0 Å². The van der Waals surface area contributed by atoms with Crippen LogP contribution >= 0.6 is 0 Å². The first-order valence-corrected chi connectivity index (χ1v) is 8.40. The fourth-order valence-electron chi connectivity index (χ4n) is 2.49. The minimum Gasteiger partial charge on any atom is -0.385 e. The van der Waals surface area contributed by atoms with Gasteiger partial charge in [-0.25, -0.2) is 8.42 Å². The topological polar surface area (TPSA) is 46.2 Å². The van der Waals surface area contributed by atoms with E-state index in [0.717, 1.165) is 23.7 Å². The van der Waals surface area contributed by atoms with Crippen LogP contribution in [-0.2, 0) is 9.84 Å². The van der Waals surface area contributed by atoms with Gasteiger partial charge in [-0.3, -0.25) is 0 Å². The van der Waals surface area contributed by atoms with E-state index in [-0.39, 0.29) is 0 Å². The van der Waals surface area contributed by atoms with Crippen molar-refractivity contribution in [1.29, 1.82) is 0 Å². The number of benzene rings is 1. The number of rotatable bonds is 4. The molecule has 1 N–H and O–H groups in total. The summed E-state index contributed by atoms with van der Waals surface area (Å²) in [5.41, 5.74) is 2.05. The SMILES string of the molecule is Cc1ccc(S(C)(=O)=O)cc1NCC1CCCC1. The van der Waals surface area contributed by atoms with E-state index in [0.29, 0.717) is 4.90 Å². The highest BCUT2D eigenvalue weighted by molar-refractivity contribution is 7.90. The number of aryl methyl sites for hydroxylation is 1. The maximum absolute atomic E-state index is 11.5. The zero-order chi connectivity index (χ0) is 13.2. The minimum atomic E-state index is -3.12. The molecule has 18 heavy (non-hydrogen) atoms. The summed E-state index contributed by atoms with van der Waals surface area (Å²) in [6.07, 6.45) is 6.48. The predicted octanol–water partition coefficient (Wildman–Crippen LogP) is 3.00. The van der Waals surface area contributed by atoms with Gasteiger partial charge in [0, 0.05) is 18.5 Å². The normalized spacial score (nSPS) is 17.0. The molecule has 0 unspecified atom stereocenters. The maximum Gasteiger partial charge on any atom is 0.175 e. The smallest absolute Gasteiger partial charge is 0.175 e. The van der Waals surface area contributed by atoms with Crippen molar-refractivity contribution >= 4 is 15.5 Å². The van der Waals surface area contributed by atoms with E-state index in [1.54, 1.807) is 12.1 Å².